The number of aliphatic imine (C=N–C) groups is 2. The molecular weight excluding hydrogens is 144 g/mol. The topological polar surface area (TPSA) is 93.8 Å². The Bertz CT molecular complexity index is 243. The van der Waals surface area contributed by atoms with E-state index < -0.39 is 0 Å². The van der Waals surface area contributed by atoms with Crippen molar-refractivity contribution in [1.29, 1.82) is 0 Å². The van der Waals surface area contributed by atoms with Gasteiger partial charge in [0.2, 0.25) is 5.96 Å². The second-order valence-corrected chi connectivity index (χ2v) is 2.31. The van der Waals surface area contributed by atoms with Crippen LogP contribution in [0.25, 0.3) is 0 Å². The van der Waals surface area contributed by atoms with Crippen LogP contribution in [-0.4, -0.2) is 17.7 Å². The first-order valence-electron chi connectivity index (χ1n) is 3.37. The summed E-state index contributed by atoms with van der Waals surface area (Å²) in [5.41, 5.74) is 10.6. The van der Waals surface area contributed by atoms with E-state index in [0.29, 0.717) is 6.42 Å². The van der Waals surface area contributed by atoms with Crippen molar-refractivity contribution in [2.75, 3.05) is 0 Å². The Morgan fingerprint density at radius 3 is 2.55 bits per heavy atom. The number of guanidine groups is 1. The monoisotopic (exact) mass is 154 g/mol. The maximum absolute atomic E-state index is 11.0. The zero-order valence-electron chi connectivity index (χ0n) is 6.24. The summed E-state index contributed by atoms with van der Waals surface area (Å²) in [6.45, 7) is 1.85. The zero-order chi connectivity index (χ0) is 8.43. The van der Waals surface area contributed by atoms with Gasteiger partial charge in [0.25, 0.3) is 5.91 Å². The van der Waals surface area contributed by atoms with E-state index in [4.69, 9.17) is 11.5 Å². The van der Waals surface area contributed by atoms with Crippen LogP contribution in [0.15, 0.2) is 9.98 Å². The van der Waals surface area contributed by atoms with Crippen molar-refractivity contribution in [2.24, 2.45) is 27.4 Å². The predicted molar refractivity (Wildman–Crippen MR) is 42.0 cm³/mol. The molecule has 0 aliphatic carbocycles. The van der Waals surface area contributed by atoms with Gasteiger partial charge in [-0.15, -0.1) is 0 Å². The van der Waals surface area contributed by atoms with Crippen LogP contribution in [0.3, 0.4) is 0 Å². The van der Waals surface area contributed by atoms with Crippen LogP contribution in [0.4, 0.5) is 0 Å². The summed E-state index contributed by atoms with van der Waals surface area (Å²) in [7, 11) is 0. The van der Waals surface area contributed by atoms with E-state index in [1.165, 1.54) is 0 Å². The zero-order valence-corrected chi connectivity index (χ0v) is 6.24. The Hall–Kier alpha value is -1.39. The van der Waals surface area contributed by atoms with Gasteiger partial charge < -0.3 is 11.5 Å². The molecule has 1 unspecified atom stereocenters. The lowest BCUT2D eigenvalue weighted by Gasteiger charge is -2.13. The minimum atomic E-state index is -0.373. The summed E-state index contributed by atoms with van der Waals surface area (Å²) in [6, 6.07) is 0. The highest BCUT2D eigenvalue weighted by atomic mass is 16.1. The van der Waals surface area contributed by atoms with Gasteiger partial charge in [0.1, 0.15) is 5.84 Å². The van der Waals surface area contributed by atoms with Crippen LogP contribution < -0.4 is 11.5 Å². The first-order chi connectivity index (χ1) is 5.15. The maximum atomic E-state index is 11.0. The van der Waals surface area contributed by atoms with Crippen LogP contribution in [0.5, 0.6) is 0 Å². The summed E-state index contributed by atoms with van der Waals surface area (Å²) >= 11 is 0. The highest BCUT2D eigenvalue weighted by Crippen LogP contribution is 2.08. The fourth-order valence-electron chi connectivity index (χ4n) is 0.936. The minimum absolute atomic E-state index is 0.0443. The third kappa shape index (κ3) is 1.36. The molecule has 0 spiro atoms. The van der Waals surface area contributed by atoms with Crippen molar-refractivity contribution >= 4 is 17.7 Å². The van der Waals surface area contributed by atoms with Crippen molar-refractivity contribution in [1.82, 2.24) is 0 Å². The van der Waals surface area contributed by atoms with Gasteiger partial charge in [-0.1, -0.05) is 6.92 Å². The lowest BCUT2D eigenvalue weighted by molar-refractivity contribution is -0.119. The van der Waals surface area contributed by atoms with Crippen LogP contribution in [0.2, 0.25) is 0 Å². The lowest BCUT2D eigenvalue weighted by Crippen LogP contribution is -2.35. The standard InChI is InChI=1S/C6H10N4O/c1-2-3-4(7)9-6(8)10-5(3)11/h3H,2H2,1H3,(H4,7,8,9,10,11). The van der Waals surface area contributed by atoms with Gasteiger partial charge in [-0.2, -0.15) is 9.98 Å². The molecule has 1 aliphatic rings. The van der Waals surface area contributed by atoms with Crippen LogP contribution >= 0.6 is 0 Å². The smallest absolute Gasteiger partial charge is 0.259 e. The first-order valence-corrected chi connectivity index (χ1v) is 3.37. The number of carbonyl (C=O) groups is 1. The number of amidine groups is 1. The van der Waals surface area contributed by atoms with Gasteiger partial charge >= 0.3 is 0 Å². The molecule has 5 heteroatoms. The Balaban J connectivity index is 2.91. The van der Waals surface area contributed by atoms with Crippen LogP contribution in [-0.2, 0) is 4.79 Å². The Morgan fingerprint density at radius 2 is 2.09 bits per heavy atom. The normalized spacial score (nSPS) is 24.5. The molecule has 0 aromatic rings. The molecule has 0 fully saturated rings. The van der Waals surface area contributed by atoms with E-state index in [1.54, 1.807) is 0 Å². The molecule has 1 atom stereocenters. The molecule has 11 heavy (non-hydrogen) atoms. The molecule has 1 heterocycles. The molecule has 0 aromatic heterocycles. The van der Waals surface area contributed by atoms with Gasteiger partial charge in [-0.05, 0) is 6.42 Å². The van der Waals surface area contributed by atoms with E-state index in [2.05, 4.69) is 9.98 Å². The number of nitrogens with two attached hydrogens (primary N) is 2. The van der Waals surface area contributed by atoms with Crippen molar-refractivity contribution < 1.29 is 4.79 Å². The fourth-order valence-corrected chi connectivity index (χ4v) is 0.936. The molecule has 1 rings (SSSR count). The molecular formula is C6H10N4O. The number of hydrogen-bond acceptors (Lipinski definition) is 4. The number of carbonyl (C=O) groups excluding carboxylic acids is 1. The average molecular weight is 154 g/mol. The van der Waals surface area contributed by atoms with Crippen molar-refractivity contribution in [3.05, 3.63) is 0 Å². The number of hydrogen-bond donors (Lipinski definition) is 2. The highest BCUT2D eigenvalue weighted by molar-refractivity contribution is 6.13. The largest absolute Gasteiger partial charge is 0.386 e. The second kappa shape index (κ2) is 2.69. The molecule has 5 nitrogen and oxygen atoms in total. The number of amides is 1. The van der Waals surface area contributed by atoms with Crippen LogP contribution in [0.1, 0.15) is 13.3 Å². The number of nitrogens with zero attached hydrogens (tertiary/aromatic N) is 2. The van der Waals surface area contributed by atoms with E-state index >= 15 is 0 Å². The Kier molecular flexibility index (Phi) is 1.89. The third-order valence-electron chi connectivity index (χ3n) is 1.53. The van der Waals surface area contributed by atoms with Gasteiger partial charge in [0.05, 0.1) is 5.92 Å². The SMILES string of the molecule is CCC1C(=O)N=C(N)N=C1N. The molecule has 0 saturated heterocycles. The van der Waals surface area contributed by atoms with Crippen LogP contribution in [0, 0.1) is 5.92 Å². The summed E-state index contributed by atoms with van der Waals surface area (Å²) < 4.78 is 0. The Labute approximate surface area is 64.2 Å². The van der Waals surface area contributed by atoms with E-state index in [9.17, 15) is 4.79 Å². The van der Waals surface area contributed by atoms with Crippen molar-refractivity contribution in [3.8, 4) is 0 Å². The van der Waals surface area contributed by atoms with E-state index in [-0.39, 0.29) is 23.6 Å². The Morgan fingerprint density at radius 1 is 1.45 bits per heavy atom. The molecule has 4 N–H and O–H groups in total. The molecule has 0 radical (unpaired) electrons. The fraction of sp³-hybridized carbons (Fsp3) is 0.500. The minimum Gasteiger partial charge on any atom is -0.386 e. The van der Waals surface area contributed by atoms with Crippen molar-refractivity contribution in [3.63, 3.8) is 0 Å². The predicted octanol–water partition coefficient (Wildman–Crippen LogP) is -0.775. The maximum Gasteiger partial charge on any atom is 0.259 e. The van der Waals surface area contributed by atoms with E-state index in [1.807, 2.05) is 6.92 Å². The average Bonchev–Trinajstić information content (AvgIpc) is 1.85. The molecule has 0 saturated carbocycles. The van der Waals surface area contributed by atoms with Gasteiger partial charge in [-0.3, -0.25) is 4.79 Å². The molecule has 1 amide bonds. The molecule has 0 bridgehead atoms. The van der Waals surface area contributed by atoms with Crippen molar-refractivity contribution in [2.45, 2.75) is 13.3 Å². The van der Waals surface area contributed by atoms with Gasteiger partial charge in [0.15, 0.2) is 0 Å². The third-order valence-corrected chi connectivity index (χ3v) is 1.53. The van der Waals surface area contributed by atoms with E-state index in [0.717, 1.165) is 0 Å². The number of rotatable bonds is 1. The first kappa shape index (κ1) is 7.71. The quantitative estimate of drug-likeness (QED) is 0.519. The summed E-state index contributed by atoms with van der Waals surface area (Å²) in [6.07, 6.45) is 0.616. The summed E-state index contributed by atoms with van der Waals surface area (Å²) in [5, 5.41) is 0. The highest BCUT2D eigenvalue weighted by Gasteiger charge is 2.23. The van der Waals surface area contributed by atoms with Gasteiger partial charge in [0, 0.05) is 0 Å². The van der Waals surface area contributed by atoms with Gasteiger partial charge in [-0.25, -0.2) is 0 Å². The summed E-state index contributed by atoms with van der Waals surface area (Å²) in [5.74, 6) is -0.443. The summed E-state index contributed by atoms with van der Waals surface area (Å²) in [4.78, 5) is 18.2. The lowest BCUT2D eigenvalue weighted by atomic mass is 10.0. The molecule has 60 valence electrons. The second-order valence-electron chi connectivity index (χ2n) is 2.31. The molecule has 1 aliphatic heterocycles. The molecule has 0 aromatic carbocycles.